The first-order valence-corrected chi connectivity index (χ1v) is 9.82. The van der Waals surface area contributed by atoms with Gasteiger partial charge in [-0.2, -0.15) is 0 Å². The summed E-state index contributed by atoms with van der Waals surface area (Å²) in [6, 6.07) is 11.5. The van der Waals surface area contributed by atoms with E-state index in [1.165, 1.54) is 5.56 Å². The third kappa shape index (κ3) is 3.56. The first kappa shape index (κ1) is 18.4. The fourth-order valence-electron chi connectivity index (χ4n) is 3.90. The summed E-state index contributed by atoms with van der Waals surface area (Å²) in [6.07, 6.45) is 2.35. The molecule has 2 aliphatic heterocycles. The highest BCUT2D eigenvalue weighted by atomic mass is 16.5. The van der Waals surface area contributed by atoms with E-state index in [1.807, 2.05) is 31.2 Å². The number of fused-ring (bicyclic) bond motifs is 1. The van der Waals surface area contributed by atoms with Crippen molar-refractivity contribution in [3.8, 4) is 0 Å². The van der Waals surface area contributed by atoms with E-state index in [0.29, 0.717) is 18.8 Å². The molecule has 0 unspecified atom stereocenters. The predicted octanol–water partition coefficient (Wildman–Crippen LogP) is 2.46. The number of para-hydroxylation sites is 1. The van der Waals surface area contributed by atoms with Gasteiger partial charge in [-0.3, -0.25) is 9.59 Å². The molecule has 2 aromatic rings. The summed E-state index contributed by atoms with van der Waals surface area (Å²) < 4.78 is 5.11. The first-order chi connectivity index (χ1) is 13.7. The molecule has 0 atom stereocenters. The van der Waals surface area contributed by atoms with Gasteiger partial charge in [0.1, 0.15) is 0 Å². The summed E-state index contributed by atoms with van der Waals surface area (Å²) in [4.78, 5) is 28.6. The van der Waals surface area contributed by atoms with Gasteiger partial charge in [0.25, 0.3) is 5.91 Å². The number of rotatable bonds is 4. The minimum absolute atomic E-state index is 0.0414. The number of esters is 1. The molecule has 1 aromatic carbocycles. The molecule has 2 aliphatic rings. The fraction of sp³-hybridized carbons (Fsp3) is 0.429. The molecule has 0 N–H and O–H groups in total. The lowest BCUT2D eigenvalue weighted by atomic mass is 9.97. The van der Waals surface area contributed by atoms with Crippen LogP contribution in [0.3, 0.4) is 0 Å². The molecule has 28 heavy (non-hydrogen) atoms. The Balaban J connectivity index is 1.40. The Labute approximate surface area is 164 Å². The minimum Gasteiger partial charge on any atom is -0.466 e. The average Bonchev–Trinajstić information content (AvgIpc) is 3.18. The lowest BCUT2D eigenvalue weighted by molar-refractivity contribution is -0.148. The Hall–Kier alpha value is -2.96. The van der Waals surface area contributed by atoms with Crippen molar-refractivity contribution in [1.29, 1.82) is 0 Å². The summed E-state index contributed by atoms with van der Waals surface area (Å²) in [5, 5.41) is 8.45. The lowest BCUT2D eigenvalue weighted by Gasteiger charge is -2.31. The first-order valence-electron chi connectivity index (χ1n) is 9.82. The Morgan fingerprint density at radius 3 is 2.57 bits per heavy atom. The molecule has 0 spiro atoms. The van der Waals surface area contributed by atoms with E-state index in [1.54, 1.807) is 11.0 Å². The highest BCUT2D eigenvalue weighted by Gasteiger charge is 2.28. The zero-order chi connectivity index (χ0) is 19.5. The van der Waals surface area contributed by atoms with Crippen LogP contribution in [0.2, 0.25) is 0 Å². The minimum atomic E-state index is -0.120. The van der Waals surface area contributed by atoms with Crippen LogP contribution in [0, 0.1) is 5.92 Å². The molecular formula is C21H24N4O3. The molecule has 1 amide bonds. The number of anilines is 2. The van der Waals surface area contributed by atoms with Crippen molar-refractivity contribution in [2.24, 2.45) is 5.92 Å². The van der Waals surface area contributed by atoms with Gasteiger partial charge in [-0.15, -0.1) is 10.2 Å². The van der Waals surface area contributed by atoms with Crippen molar-refractivity contribution in [1.82, 2.24) is 10.2 Å². The number of benzene rings is 1. The van der Waals surface area contributed by atoms with Crippen molar-refractivity contribution in [3.63, 3.8) is 0 Å². The second-order valence-electron chi connectivity index (χ2n) is 7.13. The zero-order valence-corrected chi connectivity index (χ0v) is 16.0. The summed E-state index contributed by atoms with van der Waals surface area (Å²) >= 11 is 0. The maximum atomic E-state index is 12.8. The number of carbonyl (C=O) groups is 2. The molecule has 0 radical (unpaired) electrons. The molecule has 1 fully saturated rings. The van der Waals surface area contributed by atoms with Gasteiger partial charge in [-0.05, 0) is 49.9 Å². The van der Waals surface area contributed by atoms with E-state index >= 15 is 0 Å². The Kier molecular flexibility index (Phi) is 5.23. The molecule has 1 saturated heterocycles. The van der Waals surface area contributed by atoms with E-state index in [9.17, 15) is 9.59 Å². The maximum absolute atomic E-state index is 12.8. The summed E-state index contributed by atoms with van der Waals surface area (Å²) in [7, 11) is 0. The van der Waals surface area contributed by atoms with Gasteiger partial charge < -0.3 is 14.5 Å². The van der Waals surface area contributed by atoms with Crippen LogP contribution >= 0.6 is 0 Å². The Bertz CT molecular complexity index is 860. The molecule has 7 nitrogen and oxygen atoms in total. The summed E-state index contributed by atoms with van der Waals surface area (Å²) in [5.74, 6) is 0.464. The molecule has 7 heteroatoms. The van der Waals surface area contributed by atoms with Gasteiger partial charge in [0.15, 0.2) is 11.5 Å². The molecule has 4 rings (SSSR count). The monoisotopic (exact) mass is 380 g/mol. The fourth-order valence-corrected chi connectivity index (χ4v) is 3.90. The molecular weight excluding hydrogens is 356 g/mol. The highest BCUT2D eigenvalue weighted by molar-refractivity contribution is 6.06. The number of amides is 1. The summed E-state index contributed by atoms with van der Waals surface area (Å²) in [5.41, 5.74) is 2.49. The van der Waals surface area contributed by atoms with E-state index in [4.69, 9.17) is 4.74 Å². The van der Waals surface area contributed by atoms with Gasteiger partial charge in [0.2, 0.25) is 0 Å². The van der Waals surface area contributed by atoms with E-state index in [-0.39, 0.29) is 17.8 Å². The standard InChI is InChI=1S/C21H24N4O3/c1-2-28-21(27)16-9-12-24(13-10-16)19-8-7-17(22-23-19)20(26)25-14-11-15-5-3-4-6-18(15)25/h3-8,16H,2,9-14H2,1H3. The van der Waals surface area contributed by atoms with Crippen LogP contribution in [-0.4, -0.2) is 48.3 Å². The number of nitrogens with zero attached hydrogens (tertiary/aromatic N) is 4. The van der Waals surface area contributed by atoms with Gasteiger partial charge in [0, 0.05) is 25.3 Å². The molecule has 3 heterocycles. The maximum Gasteiger partial charge on any atom is 0.309 e. The molecule has 1 aromatic heterocycles. The van der Waals surface area contributed by atoms with Gasteiger partial charge in [-0.25, -0.2) is 0 Å². The Morgan fingerprint density at radius 2 is 1.86 bits per heavy atom. The zero-order valence-electron chi connectivity index (χ0n) is 16.0. The average molecular weight is 380 g/mol. The van der Waals surface area contributed by atoms with Crippen molar-refractivity contribution >= 4 is 23.4 Å². The smallest absolute Gasteiger partial charge is 0.309 e. The quantitative estimate of drug-likeness (QED) is 0.759. The topological polar surface area (TPSA) is 75.6 Å². The second-order valence-corrected chi connectivity index (χ2v) is 7.13. The molecule has 146 valence electrons. The number of piperidine rings is 1. The molecule has 0 bridgehead atoms. The molecule has 0 aliphatic carbocycles. The molecule has 0 saturated carbocycles. The van der Waals surface area contributed by atoms with Crippen LogP contribution in [0.15, 0.2) is 36.4 Å². The normalized spacial score (nSPS) is 16.8. The second kappa shape index (κ2) is 7.96. The van der Waals surface area contributed by atoms with Crippen LogP contribution in [0.4, 0.5) is 11.5 Å². The number of ether oxygens (including phenoxy) is 1. The number of carbonyl (C=O) groups excluding carboxylic acids is 2. The van der Waals surface area contributed by atoms with Crippen LogP contribution in [0.25, 0.3) is 0 Å². The highest BCUT2D eigenvalue weighted by Crippen LogP contribution is 2.29. The summed E-state index contributed by atoms with van der Waals surface area (Å²) in [6.45, 7) is 4.37. The van der Waals surface area contributed by atoms with Crippen molar-refractivity contribution in [3.05, 3.63) is 47.7 Å². The van der Waals surface area contributed by atoms with Crippen LogP contribution in [0.1, 0.15) is 35.8 Å². The van der Waals surface area contributed by atoms with Crippen molar-refractivity contribution in [2.45, 2.75) is 26.2 Å². The third-order valence-corrected chi connectivity index (χ3v) is 5.44. The Morgan fingerprint density at radius 1 is 1.07 bits per heavy atom. The number of hydrogen-bond donors (Lipinski definition) is 0. The van der Waals surface area contributed by atoms with Gasteiger partial charge in [-0.1, -0.05) is 18.2 Å². The van der Waals surface area contributed by atoms with Crippen molar-refractivity contribution in [2.75, 3.05) is 36.0 Å². The predicted molar refractivity (Wildman–Crippen MR) is 105 cm³/mol. The number of hydrogen-bond acceptors (Lipinski definition) is 6. The van der Waals surface area contributed by atoms with Gasteiger partial charge >= 0.3 is 5.97 Å². The van der Waals surface area contributed by atoms with Crippen LogP contribution in [0.5, 0.6) is 0 Å². The number of aromatic nitrogens is 2. The lowest BCUT2D eigenvalue weighted by Crippen LogP contribution is -2.37. The van der Waals surface area contributed by atoms with Crippen molar-refractivity contribution < 1.29 is 14.3 Å². The largest absolute Gasteiger partial charge is 0.466 e. The third-order valence-electron chi connectivity index (χ3n) is 5.44. The van der Waals surface area contributed by atoms with Gasteiger partial charge in [0.05, 0.1) is 12.5 Å². The SMILES string of the molecule is CCOC(=O)C1CCN(c2ccc(C(=O)N3CCc4ccccc43)nn2)CC1. The van der Waals surface area contributed by atoms with Crippen LogP contribution < -0.4 is 9.80 Å². The van der Waals surface area contributed by atoms with E-state index < -0.39 is 0 Å². The van der Waals surface area contributed by atoms with Crippen LogP contribution in [-0.2, 0) is 16.0 Å². The van der Waals surface area contributed by atoms with E-state index in [0.717, 1.165) is 43.9 Å². The van der Waals surface area contributed by atoms with E-state index in [2.05, 4.69) is 21.2 Å².